The number of para-hydroxylation sites is 4. The lowest BCUT2D eigenvalue weighted by molar-refractivity contribution is 0.426. The predicted molar refractivity (Wildman–Crippen MR) is 443 cm³/mol. The van der Waals surface area contributed by atoms with E-state index in [9.17, 15) is 10.0 Å². The maximum atomic E-state index is 9.33. The fraction of sp³-hybridized carbons (Fsp3) is 0.0103. The van der Waals surface area contributed by atoms with E-state index in [1.54, 1.807) is 12.1 Å². The monoisotopic (exact) mass is 1370 g/mol. The molecule has 0 unspecified atom stereocenters. The first-order valence-corrected chi connectivity index (χ1v) is 35.1. The highest BCUT2D eigenvalue weighted by atomic mass is 35.5. The van der Waals surface area contributed by atoms with Gasteiger partial charge in [0, 0.05) is 71.8 Å². The van der Waals surface area contributed by atoms with Crippen LogP contribution in [0.5, 0.6) is 0 Å². The number of hydrogen-bond donors (Lipinski definition) is 2. The van der Waals surface area contributed by atoms with E-state index in [0.717, 1.165) is 116 Å². The van der Waals surface area contributed by atoms with Crippen LogP contribution >= 0.6 is 11.6 Å². The molecule has 6 nitrogen and oxygen atoms in total. The highest BCUT2D eigenvalue weighted by Crippen LogP contribution is 2.43. The molecule has 2 aromatic heterocycles. The molecule has 0 amide bonds. The van der Waals surface area contributed by atoms with E-state index in [1.165, 1.54) is 44.5 Å². The average molecular weight is 1380 g/mol. The summed E-state index contributed by atoms with van der Waals surface area (Å²) in [4.78, 5) is 4.55. The van der Waals surface area contributed by atoms with Crippen LogP contribution in [-0.4, -0.2) is 17.2 Å². The topological polar surface area (TPSA) is 73.2 Å². The third-order valence-electron chi connectivity index (χ3n) is 18.9. The molecule has 8 heteroatoms. The first-order chi connectivity index (χ1) is 51.3. The van der Waals surface area contributed by atoms with Gasteiger partial charge in [-0.15, -0.1) is 0 Å². The molecule has 2 N–H and O–H groups in total. The van der Waals surface area contributed by atoms with Crippen LogP contribution in [0.3, 0.4) is 0 Å². The lowest BCUT2D eigenvalue weighted by atomic mass is 9.80. The highest BCUT2D eigenvalue weighted by molar-refractivity contribution is 6.58. The van der Waals surface area contributed by atoms with Crippen molar-refractivity contribution in [2.45, 2.75) is 7.43 Å². The number of hydrogen-bond acceptors (Lipinski definition) is 6. The molecule has 0 radical (unpaired) electrons. The van der Waals surface area contributed by atoms with Gasteiger partial charge >= 0.3 is 7.12 Å². The summed E-state index contributed by atoms with van der Waals surface area (Å²) in [7, 11) is -1.45. The van der Waals surface area contributed by atoms with E-state index in [0.29, 0.717) is 5.46 Å². The van der Waals surface area contributed by atoms with Crippen LogP contribution in [0, 0.1) is 0 Å². The quantitative estimate of drug-likeness (QED) is 0.106. The Labute approximate surface area is 617 Å². The number of furan rings is 2. The van der Waals surface area contributed by atoms with Crippen molar-refractivity contribution >= 4 is 102 Å². The van der Waals surface area contributed by atoms with Crippen LogP contribution in [0.2, 0.25) is 5.02 Å². The molecular formula is C97H72BClN2O4. The van der Waals surface area contributed by atoms with Gasteiger partial charge in [-0.1, -0.05) is 310 Å². The zero-order valence-corrected chi connectivity index (χ0v) is 57.4. The third kappa shape index (κ3) is 14.8. The molecule has 0 aliphatic heterocycles. The smallest absolute Gasteiger partial charge is 0.455 e. The number of fused-ring (bicyclic) bond motifs is 6. The van der Waals surface area contributed by atoms with E-state index in [-0.39, 0.29) is 7.43 Å². The Morgan fingerprint density at radius 3 is 0.838 bits per heavy atom. The van der Waals surface area contributed by atoms with Crippen molar-refractivity contribution in [3.05, 3.63) is 405 Å². The Balaban J connectivity index is 0.000000138. The molecule has 0 saturated heterocycles. The van der Waals surface area contributed by atoms with Gasteiger partial charge in [-0.05, 0) is 181 Å². The second-order valence-electron chi connectivity index (χ2n) is 25.5. The molecule has 0 fully saturated rings. The Bertz CT molecular complexity index is 5890. The summed E-state index contributed by atoms with van der Waals surface area (Å²) >= 11 is 6.29. The minimum absolute atomic E-state index is 0. The standard InChI is InChI=1S/C48H33NO.C30H24BNO2.C18H11ClO.CH4/c1-4-12-34(13-5-1)36-24-28-42(29-25-36)49(41-16-8-3-9-17-41)43-30-26-37(27-31-43)35-20-22-38(23-21-35)40-32-45(39-14-6-2-7-15-39)48-46(33-40)44-18-10-11-19-47(44)50-48;33-31(34)27-17-11-24(12-18-27)26-15-21-30(22-16-26)32(28-9-5-2-6-10-28)29-19-13-25(14-20-29)23-7-3-1-4-8-23;19-13-10-15(12-6-2-1-3-7-12)18-16(11-13)14-8-4-5-9-17(14)20-18;/h1-33H;1-22,33-34H;1-11H;1H4. The Kier molecular flexibility index (Phi) is 20.1. The summed E-state index contributed by atoms with van der Waals surface area (Å²) < 4.78 is 12.4. The van der Waals surface area contributed by atoms with E-state index >= 15 is 0 Å². The molecule has 0 saturated carbocycles. The molecule has 18 rings (SSSR count). The van der Waals surface area contributed by atoms with Crippen LogP contribution < -0.4 is 15.3 Å². The average Bonchev–Trinajstić information content (AvgIpc) is 1.62. The maximum absolute atomic E-state index is 9.33. The molecule has 0 bridgehead atoms. The van der Waals surface area contributed by atoms with E-state index in [2.05, 4.69) is 301 Å². The van der Waals surface area contributed by atoms with Gasteiger partial charge in [0.1, 0.15) is 22.3 Å². The van der Waals surface area contributed by atoms with Gasteiger partial charge in [0.25, 0.3) is 0 Å². The number of nitrogens with zero attached hydrogens (tertiary/aromatic N) is 2. The van der Waals surface area contributed by atoms with Crippen molar-refractivity contribution in [2.24, 2.45) is 0 Å². The minimum Gasteiger partial charge on any atom is -0.455 e. The molecule has 0 aliphatic rings. The van der Waals surface area contributed by atoms with Crippen LogP contribution in [0.4, 0.5) is 34.1 Å². The van der Waals surface area contributed by atoms with Crippen LogP contribution in [0.25, 0.3) is 122 Å². The number of halogens is 1. The summed E-state index contributed by atoms with van der Waals surface area (Å²) in [6.45, 7) is 0. The zero-order valence-electron chi connectivity index (χ0n) is 56.7. The maximum Gasteiger partial charge on any atom is 0.488 e. The van der Waals surface area contributed by atoms with E-state index in [1.807, 2.05) is 97.1 Å². The Morgan fingerprint density at radius 2 is 0.486 bits per heavy atom. The molecular weight excluding hydrogens is 1300 g/mol. The van der Waals surface area contributed by atoms with Crippen LogP contribution in [0.15, 0.2) is 409 Å². The summed E-state index contributed by atoms with van der Waals surface area (Å²) in [6.07, 6.45) is 0. The molecule has 0 aliphatic carbocycles. The molecule has 105 heavy (non-hydrogen) atoms. The first kappa shape index (κ1) is 67.8. The lowest BCUT2D eigenvalue weighted by Gasteiger charge is -2.26. The van der Waals surface area contributed by atoms with Gasteiger partial charge in [0.05, 0.1) is 0 Å². The first-order valence-electron chi connectivity index (χ1n) is 34.8. The van der Waals surface area contributed by atoms with Gasteiger partial charge in [0.2, 0.25) is 0 Å². The molecule has 0 spiro atoms. The van der Waals surface area contributed by atoms with Gasteiger partial charge in [-0.3, -0.25) is 0 Å². The Morgan fingerprint density at radius 1 is 0.229 bits per heavy atom. The summed E-state index contributed by atoms with van der Waals surface area (Å²) in [5.74, 6) is 0. The van der Waals surface area contributed by atoms with Crippen molar-refractivity contribution in [1.82, 2.24) is 0 Å². The summed E-state index contributed by atoms with van der Waals surface area (Å²) in [6, 6.07) is 138. The molecule has 16 aromatic carbocycles. The van der Waals surface area contributed by atoms with Gasteiger partial charge in [-0.2, -0.15) is 0 Å². The van der Waals surface area contributed by atoms with Crippen molar-refractivity contribution in [1.29, 1.82) is 0 Å². The van der Waals surface area contributed by atoms with Crippen LogP contribution in [0.1, 0.15) is 7.43 Å². The van der Waals surface area contributed by atoms with E-state index < -0.39 is 7.12 Å². The summed E-state index contributed by atoms with van der Waals surface area (Å²) in [5.41, 5.74) is 26.6. The molecule has 18 aromatic rings. The zero-order chi connectivity index (χ0) is 70.1. The fourth-order valence-corrected chi connectivity index (χ4v) is 13.9. The largest absolute Gasteiger partial charge is 0.488 e. The minimum atomic E-state index is -1.45. The normalized spacial score (nSPS) is 10.9. The third-order valence-corrected chi connectivity index (χ3v) is 19.1. The number of benzene rings is 16. The van der Waals surface area contributed by atoms with Gasteiger partial charge in [-0.25, -0.2) is 0 Å². The SMILES string of the molecule is C.Clc1cc(-c2ccccc2)c2oc3ccccc3c2c1.OB(O)c1ccc(-c2ccc(N(c3ccccc3)c3ccc(-c4ccccc4)cc3)cc2)cc1.c1ccc(-c2ccc(N(c3ccccc3)c3ccc(-c4ccc(-c5cc(-c6ccccc6)c6oc7ccccc7c6c5)cc4)cc3)cc2)cc1. The molecule has 504 valence electrons. The Hall–Kier alpha value is -13.0. The lowest BCUT2D eigenvalue weighted by Crippen LogP contribution is -2.29. The predicted octanol–water partition coefficient (Wildman–Crippen LogP) is 26.4. The highest BCUT2D eigenvalue weighted by Gasteiger charge is 2.20. The van der Waals surface area contributed by atoms with E-state index in [4.69, 9.17) is 20.4 Å². The second-order valence-corrected chi connectivity index (χ2v) is 25.9. The van der Waals surface area contributed by atoms with Crippen molar-refractivity contribution in [3.8, 4) is 77.9 Å². The number of rotatable bonds is 14. The summed E-state index contributed by atoms with van der Waals surface area (Å²) in [5, 5.41) is 23.8. The van der Waals surface area contributed by atoms with Crippen molar-refractivity contribution < 1.29 is 18.9 Å². The number of anilines is 6. The second kappa shape index (κ2) is 31.1. The van der Waals surface area contributed by atoms with Gasteiger partial charge < -0.3 is 28.7 Å². The molecule has 0 atom stereocenters. The fourth-order valence-electron chi connectivity index (χ4n) is 13.7. The van der Waals surface area contributed by atoms with Crippen molar-refractivity contribution in [2.75, 3.05) is 9.80 Å². The van der Waals surface area contributed by atoms with Crippen LogP contribution in [-0.2, 0) is 0 Å². The molecule has 2 heterocycles. The van der Waals surface area contributed by atoms with Gasteiger partial charge in [0.15, 0.2) is 0 Å². The van der Waals surface area contributed by atoms with Crippen molar-refractivity contribution in [3.63, 3.8) is 0 Å².